The van der Waals surface area contributed by atoms with Crippen LogP contribution >= 0.6 is 11.6 Å². The van der Waals surface area contributed by atoms with Crippen molar-refractivity contribution in [3.63, 3.8) is 0 Å². The highest BCUT2D eigenvalue weighted by Gasteiger charge is 2.19. The molecular weight excluding hydrogens is 396 g/mol. The number of anilines is 1. The lowest BCUT2D eigenvalue weighted by atomic mass is 10.3. The highest BCUT2D eigenvalue weighted by molar-refractivity contribution is 7.89. The molecule has 27 heavy (non-hydrogen) atoms. The van der Waals surface area contributed by atoms with Crippen molar-refractivity contribution < 1.29 is 27.5 Å². The van der Waals surface area contributed by atoms with Gasteiger partial charge >= 0.3 is 5.97 Å². The molecule has 2 aromatic rings. The van der Waals surface area contributed by atoms with Crippen LogP contribution in [-0.2, 0) is 24.3 Å². The van der Waals surface area contributed by atoms with E-state index >= 15 is 0 Å². The standard InChI is InChI=1S/C17H17ClN2O6S/c1-11(26-16(21)10-25-14-7-5-12(18)6-8-14)17(22)20-13-3-2-4-15(9-13)27(19,23)24/h2-9,11H,10H2,1H3,(H,20,22)(H2,19,23,24)/t11-/m0/s1. The molecule has 1 amide bonds. The average molecular weight is 413 g/mol. The van der Waals surface area contributed by atoms with E-state index in [0.29, 0.717) is 10.8 Å². The molecule has 0 fully saturated rings. The predicted octanol–water partition coefficient (Wildman–Crippen LogP) is 1.94. The molecule has 3 N–H and O–H groups in total. The van der Waals surface area contributed by atoms with Crippen LogP contribution in [-0.4, -0.2) is 33.0 Å². The summed E-state index contributed by atoms with van der Waals surface area (Å²) in [5, 5.41) is 8.02. The minimum absolute atomic E-state index is 0.152. The second-order valence-electron chi connectivity index (χ2n) is 5.44. The predicted molar refractivity (Wildman–Crippen MR) is 98.9 cm³/mol. The van der Waals surface area contributed by atoms with Crippen LogP contribution in [0.2, 0.25) is 5.02 Å². The molecule has 0 heterocycles. The second-order valence-corrected chi connectivity index (χ2v) is 7.43. The summed E-state index contributed by atoms with van der Waals surface area (Å²) in [6.45, 7) is 0.985. The van der Waals surface area contributed by atoms with E-state index in [0.717, 1.165) is 0 Å². The van der Waals surface area contributed by atoms with Crippen molar-refractivity contribution in [2.75, 3.05) is 11.9 Å². The molecule has 2 rings (SSSR count). The number of hydrogen-bond donors (Lipinski definition) is 2. The van der Waals surface area contributed by atoms with Gasteiger partial charge in [0.25, 0.3) is 5.91 Å². The molecule has 0 bridgehead atoms. The van der Waals surface area contributed by atoms with Crippen molar-refractivity contribution in [1.29, 1.82) is 0 Å². The fourth-order valence-corrected chi connectivity index (χ4v) is 2.64. The minimum Gasteiger partial charge on any atom is -0.482 e. The summed E-state index contributed by atoms with van der Waals surface area (Å²) >= 11 is 5.75. The van der Waals surface area contributed by atoms with Gasteiger partial charge in [-0.3, -0.25) is 4.79 Å². The molecule has 0 aliphatic carbocycles. The van der Waals surface area contributed by atoms with Gasteiger partial charge in [-0.15, -0.1) is 0 Å². The number of carbonyl (C=O) groups is 2. The molecular formula is C17H17ClN2O6S. The van der Waals surface area contributed by atoms with Crippen LogP contribution in [0.15, 0.2) is 53.4 Å². The van der Waals surface area contributed by atoms with Gasteiger partial charge < -0.3 is 14.8 Å². The number of carbonyl (C=O) groups excluding carboxylic acids is 2. The van der Waals surface area contributed by atoms with Gasteiger partial charge in [0.05, 0.1) is 4.90 Å². The molecule has 0 saturated heterocycles. The first-order valence-electron chi connectivity index (χ1n) is 7.67. The van der Waals surface area contributed by atoms with Crippen LogP contribution in [0.25, 0.3) is 0 Å². The normalized spacial score (nSPS) is 12.1. The van der Waals surface area contributed by atoms with Gasteiger partial charge in [0, 0.05) is 10.7 Å². The zero-order chi connectivity index (χ0) is 20.0. The Hall–Kier alpha value is -2.62. The van der Waals surface area contributed by atoms with Crippen LogP contribution in [0.4, 0.5) is 5.69 Å². The van der Waals surface area contributed by atoms with Gasteiger partial charge in [0.2, 0.25) is 10.0 Å². The van der Waals surface area contributed by atoms with Gasteiger partial charge in [0.15, 0.2) is 12.7 Å². The Morgan fingerprint density at radius 2 is 1.85 bits per heavy atom. The van der Waals surface area contributed by atoms with Crippen molar-refractivity contribution in [3.05, 3.63) is 53.6 Å². The molecule has 144 valence electrons. The first-order chi connectivity index (χ1) is 12.6. The number of nitrogens with one attached hydrogen (secondary N) is 1. The largest absolute Gasteiger partial charge is 0.482 e. The van der Waals surface area contributed by atoms with E-state index in [4.69, 9.17) is 26.2 Å². The molecule has 0 saturated carbocycles. The van der Waals surface area contributed by atoms with Crippen LogP contribution in [0.1, 0.15) is 6.92 Å². The third kappa shape index (κ3) is 6.55. The molecule has 1 atom stereocenters. The van der Waals surface area contributed by atoms with E-state index in [1.165, 1.54) is 31.2 Å². The van der Waals surface area contributed by atoms with E-state index in [1.54, 1.807) is 24.3 Å². The highest BCUT2D eigenvalue weighted by Crippen LogP contribution is 2.16. The van der Waals surface area contributed by atoms with E-state index in [9.17, 15) is 18.0 Å². The fraction of sp³-hybridized carbons (Fsp3) is 0.176. The molecule has 0 aromatic heterocycles. The zero-order valence-corrected chi connectivity index (χ0v) is 15.8. The van der Waals surface area contributed by atoms with E-state index in [2.05, 4.69) is 5.32 Å². The summed E-state index contributed by atoms with van der Waals surface area (Å²) in [5.74, 6) is -0.958. The Labute approximate surface area is 161 Å². The van der Waals surface area contributed by atoms with E-state index < -0.39 is 28.0 Å². The van der Waals surface area contributed by atoms with E-state index in [-0.39, 0.29) is 17.2 Å². The number of sulfonamides is 1. The summed E-state index contributed by atoms with van der Waals surface area (Å²) in [7, 11) is -3.90. The highest BCUT2D eigenvalue weighted by atomic mass is 35.5. The summed E-state index contributed by atoms with van der Waals surface area (Å²) in [6, 6.07) is 11.8. The monoisotopic (exact) mass is 412 g/mol. The number of amides is 1. The third-order valence-electron chi connectivity index (χ3n) is 3.28. The van der Waals surface area contributed by atoms with Crippen molar-refractivity contribution >= 4 is 39.2 Å². The number of esters is 1. The van der Waals surface area contributed by atoms with Crippen LogP contribution in [0, 0.1) is 0 Å². The Morgan fingerprint density at radius 1 is 1.19 bits per heavy atom. The maximum Gasteiger partial charge on any atom is 0.344 e. The summed E-state index contributed by atoms with van der Waals surface area (Å²) in [4.78, 5) is 23.7. The molecule has 2 aromatic carbocycles. The fourth-order valence-electron chi connectivity index (χ4n) is 1.95. The maximum absolute atomic E-state index is 12.1. The number of hydrogen-bond acceptors (Lipinski definition) is 6. The molecule has 0 aliphatic heterocycles. The number of nitrogens with two attached hydrogens (primary N) is 1. The smallest absolute Gasteiger partial charge is 0.344 e. The first-order valence-corrected chi connectivity index (χ1v) is 9.59. The Morgan fingerprint density at radius 3 is 2.48 bits per heavy atom. The Kier molecular flexibility index (Phi) is 6.78. The summed E-state index contributed by atoms with van der Waals surface area (Å²) in [5.41, 5.74) is 0.201. The number of rotatable bonds is 7. The molecule has 0 aliphatic rings. The zero-order valence-electron chi connectivity index (χ0n) is 14.2. The lowest BCUT2D eigenvalue weighted by Crippen LogP contribution is -2.31. The number of halogens is 1. The lowest BCUT2D eigenvalue weighted by Gasteiger charge is -2.14. The van der Waals surface area contributed by atoms with Gasteiger partial charge in [-0.2, -0.15) is 0 Å². The molecule has 0 spiro atoms. The van der Waals surface area contributed by atoms with Gasteiger partial charge in [-0.05, 0) is 49.4 Å². The average Bonchev–Trinajstić information content (AvgIpc) is 2.60. The maximum atomic E-state index is 12.1. The topological polar surface area (TPSA) is 125 Å². The van der Waals surface area contributed by atoms with Crippen LogP contribution < -0.4 is 15.2 Å². The quantitative estimate of drug-likeness (QED) is 0.669. The molecule has 10 heteroatoms. The van der Waals surface area contributed by atoms with Crippen molar-refractivity contribution in [2.45, 2.75) is 17.9 Å². The van der Waals surface area contributed by atoms with Gasteiger partial charge in [0.1, 0.15) is 5.75 Å². The second kappa shape index (κ2) is 8.85. The van der Waals surface area contributed by atoms with Gasteiger partial charge in [-0.1, -0.05) is 17.7 Å². The number of benzene rings is 2. The van der Waals surface area contributed by atoms with Crippen molar-refractivity contribution in [2.24, 2.45) is 5.14 Å². The first kappa shape index (κ1) is 20.7. The Balaban J connectivity index is 1.87. The van der Waals surface area contributed by atoms with Crippen LogP contribution in [0.3, 0.4) is 0 Å². The number of primary sulfonamides is 1. The minimum atomic E-state index is -3.90. The SMILES string of the molecule is C[C@H](OC(=O)COc1ccc(Cl)cc1)C(=O)Nc1cccc(S(N)(=O)=O)c1. The lowest BCUT2D eigenvalue weighted by molar-refractivity contribution is -0.155. The van der Waals surface area contributed by atoms with Crippen LogP contribution in [0.5, 0.6) is 5.75 Å². The number of ether oxygens (including phenoxy) is 2. The molecule has 0 unspecified atom stereocenters. The Bertz CT molecular complexity index is 931. The summed E-state index contributed by atoms with van der Waals surface area (Å²) < 4.78 is 32.9. The third-order valence-corrected chi connectivity index (χ3v) is 4.44. The molecule has 8 nitrogen and oxygen atoms in total. The summed E-state index contributed by atoms with van der Waals surface area (Å²) in [6.07, 6.45) is -1.12. The van der Waals surface area contributed by atoms with E-state index in [1.807, 2.05) is 0 Å². The van der Waals surface area contributed by atoms with Crippen molar-refractivity contribution in [3.8, 4) is 5.75 Å². The molecule has 0 radical (unpaired) electrons. The van der Waals surface area contributed by atoms with Gasteiger partial charge in [-0.25, -0.2) is 18.4 Å². The van der Waals surface area contributed by atoms with Crippen molar-refractivity contribution in [1.82, 2.24) is 0 Å².